The van der Waals surface area contributed by atoms with Gasteiger partial charge in [0.25, 0.3) is 0 Å². The number of fused-ring (bicyclic) bond motifs is 1. The Morgan fingerprint density at radius 1 is 1.35 bits per heavy atom. The van der Waals surface area contributed by atoms with Gasteiger partial charge in [-0.2, -0.15) is 0 Å². The highest BCUT2D eigenvalue weighted by molar-refractivity contribution is 7.18. The zero-order valence-electron chi connectivity index (χ0n) is 11.9. The van der Waals surface area contributed by atoms with E-state index in [4.69, 9.17) is 10.5 Å². The number of rotatable bonds is 3. The van der Waals surface area contributed by atoms with Crippen LogP contribution >= 0.6 is 11.3 Å². The molecule has 0 amide bonds. The van der Waals surface area contributed by atoms with Gasteiger partial charge in [0.1, 0.15) is 17.0 Å². The van der Waals surface area contributed by atoms with E-state index in [0.29, 0.717) is 6.54 Å². The van der Waals surface area contributed by atoms with Crippen molar-refractivity contribution in [2.24, 2.45) is 5.73 Å². The van der Waals surface area contributed by atoms with Gasteiger partial charge in [0.05, 0.1) is 10.9 Å². The summed E-state index contributed by atoms with van der Waals surface area (Å²) in [7, 11) is 0. The van der Waals surface area contributed by atoms with Gasteiger partial charge in [0, 0.05) is 24.6 Å². The predicted octanol–water partition coefficient (Wildman–Crippen LogP) is 2.23. The van der Waals surface area contributed by atoms with Gasteiger partial charge >= 0.3 is 0 Å². The van der Waals surface area contributed by atoms with E-state index < -0.39 is 0 Å². The lowest BCUT2D eigenvalue weighted by Crippen LogP contribution is -2.49. The van der Waals surface area contributed by atoms with E-state index in [2.05, 4.69) is 29.1 Å². The van der Waals surface area contributed by atoms with Crippen LogP contribution in [-0.2, 0) is 4.74 Å². The summed E-state index contributed by atoms with van der Waals surface area (Å²) >= 11 is 1.71. The SMILES string of the molecule is Cc1sc2ncnc(NC3(CN)CCOCC3)c2c1C. The summed E-state index contributed by atoms with van der Waals surface area (Å²) in [5.74, 6) is 0.907. The summed E-state index contributed by atoms with van der Waals surface area (Å²) in [6.07, 6.45) is 3.46. The molecule has 0 spiro atoms. The number of hydrogen-bond donors (Lipinski definition) is 2. The first kappa shape index (κ1) is 13.7. The number of nitrogens with two attached hydrogens (primary N) is 1. The number of ether oxygens (including phenoxy) is 1. The number of nitrogens with zero attached hydrogens (tertiary/aromatic N) is 2. The molecule has 6 heteroatoms. The fourth-order valence-electron chi connectivity index (χ4n) is 2.67. The monoisotopic (exact) mass is 292 g/mol. The summed E-state index contributed by atoms with van der Waals surface area (Å²) in [4.78, 5) is 11.2. The van der Waals surface area contributed by atoms with Crippen molar-refractivity contribution in [2.75, 3.05) is 25.1 Å². The standard InChI is InChI=1S/C14H20N4OS/c1-9-10(2)20-13-11(9)12(16-8-17-13)18-14(7-15)3-5-19-6-4-14/h8H,3-7,15H2,1-2H3,(H,16,17,18). The fraction of sp³-hybridized carbons (Fsp3) is 0.571. The summed E-state index contributed by atoms with van der Waals surface area (Å²) < 4.78 is 5.45. The molecule has 2 aromatic heterocycles. The number of aromatic nitrogens is 2. The molecule has 5 nitrogen and oxygen atoms in total. The highest BCUT2D eigenvalue weighted by atomic mass is 32.1. The highest BCUT2D eigenvalue weighted by Crippen LogP contribution is 2.34. The Kier molecular flexibility index (Phi) is 3.62. The number of nitrogens with one attached hydrogen (secondary N) is 1. The van der Waals surface area contributed by atoms with Crippen LogP contribution in [0, 0.1) is 13.8 Å². The van der Waals surface area contributed by atoms with Gasteiger partial charge in [-0.15, -0.1) is 11.3 Å². The lowest BCUT2D eigenvalue weighted by Gasteiger charge is -2.37. The van der Waals surface area contributed by atoms with Crippen LogP contribution in [0.4, 0.5) is 5.82 Å². The number of anilines is 1. The van der Waals surface area contributed by atoms with Gasteiger partial charge in [-0.05, 0) is 32.3 Å². The molecule has 0 atom stereocenters. The third kappa shape index (κ3) is 2.28. The molecule has 108 valence electrons. The Morgan fingerprint density at radius 2 is 2.10 bits per heavy atom. The first-order valence-electron chi connectivity index (χ1n) is 6.92. The number of thiophene rings is 1. The molecule has 1 aliphatic rings. The Hall–Kier alpha value is -1.24. The van der Waals surface area contributed by atoms with Crippen molar-refractivity contribution in [1.82, 2.24) is 9.97 Å². The van der Waals surface area contributed by atoms with E-state index in [0.717, 1.165) is 42.1 Å². The topological polar surface area (TPSA) is 73.1 Å². The average Bonchev–Trinajstić information content (AvgIpc) is 2.76. The highest BCUT2D eigenvalue weighted by Gasteiger charge is 2.32. The van der Waals surface area contributed by atoms with E-state index in [9.17, 15) is 0 Å². The maximum atomic E-state index is 6.01. The second-order valence-electron chi connectivity index (χ2n) is 5.41. The predicted molar refractivity (Wildman–Crippen MR) is 82.4 cm³/mol. The van der Waals surface area contributed by atoms with Crippen molar-refractivity contribution >= 4 is 27.4 Å². The summed E-state index contributed by atoms with van der Waals surface area (Å²) in [5.41, 5.74) is 7.16. The Morgan fingerprint density at radius 3 is 2.80 bits per heavy atom. The number of hydrogen-bond acceptors (Lipinski definition) is 6. The molecule has 2 aromatic rings. The van der Waals surface area contributed by atoms with E-state index in [1.807, 2.05) is 0 Å². The molecule has 0 saturated carbocycles. The summed E-state index contributed by atoms with van der Waals surface area (Å²) in [6, 6.07) is 0. The molecule has 3 rings (SSSR count). The molecule has 1 fully saturated rings. The average molecular weight is 292 g/mol. The van der Waals surface area contributed by atoms with E-state index >= 15 is 0 Å². The zero-order chi connectivity index (χ0) is 14.2. The second-order valence-corrected chi connectivity index (χ2v) is 6.61. The van der Waals surface area contributed by atoms with Gasteiger partial charge in [-0.1, -0.05) is 0 Å². The van der Waals surface area contributed by atoms with Crippen molar-refractivity contribution < 1.29 is 4.74 Å². The van der Waals surface area contributed by atoms with Crippen LogP contribution < -0.4 is 11.1 Å². The van der Waals surface area contributed by atoms with Crippen molar-refractivity contribution in [2.45, 2.75) is 32.2 Å². The number of aryl methyl sites for hydroxylation is 2. The molecular formula is C14H20N4OS. The van der Waals surface area contributed by atoms with Crippen molar-refractivity contribution in [3.8, 4) is 0 Å². The first-order valence-corrected chi connectivity index (χ1v) is 7.73. The van der Waals surface area contributed by atoms with E-state index in [1.165, 1.54) is 10.4 Å². The molecule has 0 bridgehead atoms. The van der Waals surface area contributed by atoms with E-state index in [1.54, 1.807) is 17.7 Å². The third-order valence-corrected chi connectivity index (χ3v) is 5.30. The van der Waals surface area contributed by atoms with Crippen LogP contribution in [0.15, 0.2) is 6.33 Å². The molecule has 3 N–H and O–H groups in total. The maximum absolute atomic E-state index is 6.01. The molecule has 0 aliphatic carbocycles. The molecular weight excluding hydrogens is 272 g/mol. The summed E-state index contributed by atoms with van der Waals surface area (Å²) in [5, 5.41) is 4.73. The van der Waals surface area contributed by atoms with Gasteiger partial charge < -0.3 is 15.8 Å². The third-order valence-electron chi connectivity index (χ3n) is 4.19. The van der Waals surface area contributed by atoms with Gasteiger partial charge in [0.15, 0.2) is 0 Å². The van der Waals surface area contributed by atoms with Crippen LogP contribution in [0.1, 0.15) is 23.3 Å². The Balaban J connectivity index is 2.01. The lowest BCUT2D eigenvalue weighted by molar-refractivity contribution is 0.0627. The molecule has 20 heavy (non-hydrogen) atoms. The molecule has 1 aliphatic heterocycles. The van der Waals surface area contributed by atoms with Crippen molar-refractivity contribution in [3.63, 3.8) is 0 Å². The summed E-state index contributed by atoms with van der Waals surface area (Å²) in [6.45, 7) is 6.34. The van der Waals surface area contributed by atoms with Gasteiger partial charge in [-0.3, -0.25) is 0 Å². The van der Waals surface area contributed by atoms with Gasteiger partial charge in [0.2, 0.25) is 0 Å². The van der Waals surface area contributed by atoms with Crippen molar-refractivity contribution in [1.29, 1.82) is 0 Å². The van der Waals surface area contributed by atoms with Crippen LogP contribution in [0.25, 0.3) is 10.2 Å². The maximum Gasteiger partial charge on any atom is 0.138 e. The van der Waals surface area contributed by atoms with Crippen LogP contribution in [0.3, 0.4) is 0 Å². The van der Waals surface area contributed by atoms with E-state index in [-0.39, 0.29) is 5.54 Å². The molecule has 0 aromatic carbocycles. The lowest BCUT2D eigenvalue weighted by atomic mass is 9.90. The van der Waals surface area contributed by atoms with Gasteiger partial charge in [-0.25, -0.2) is 9.97 Å². The van der Waals surface area contributed by atoms with Crippen LogP contribution in [-0.4, -0.2) is 35.3 Å². The minimum Gasteiger partial charge on any atom is -0.381 e. The Labute approximate surface area is 122 Å². The quantitative estimate of drug-likeness (QED) is 0.907. The van der Waals surface area contributed by atoms with Crippen LogP contribution in [0.2, 0.25) is 0 Å². The molecule has 0 radical (unpaired) electrons. The second kappa shape index (κ2) is 5.27. The minimum atomic E-state index is -0.109. The normalized spacial score (nSPS) is 18.4. The molecule has 0 unspecified atom stereocenters. The van der Waals surface area contributed by atoms with Crippen molar-refractivity contribution in [3.05, 3.63) is 16.8 Å². The largest absolute Gasteiger partial charge is 0.381 e. The zero-order valence-corrected chi connectivity index (χ0v) is 12.7. The molecule has 1 saturated heterocycles. The van der Waals surface area contributed by atoms with Crippen LogP contribution in [0.5, 0.6) is 0 Å². The first-order chi connectivity index (χ1) is 9.65. The minimum absolute atomic E-state index is 0.109. The molecule has 3 heterocycles. The fourth-order valence-corrected chi connectivity index (χ4v) is 3.67. The Bertz CT molecular complexity index is 619. The smallest absolute Gasteiger partial charge is 0.138 e.